The van der Waals surface area contributed by atoms with Gasteiger partial charge in [0.15, 0.2) is 12.2 Å². The zero-order valence-electron chi connectivity index (χ0n) is 25.9. The predicted octanol–water partition coefficient (Wildman–Crippen LogP) is 7.33. The van der Waals surface area contributed by atoms with E-state index in [0.29, 0.717) is 41.4 Å². The first-order valence-corrected chi connectivity index (χ1v) is 14.7. The highest BCUT2D eigenvalue weighted by Crippen LogP contribution is 2.32. The molecule has 0 aliphatic rings. The molecule has 0 saturated carbocycles. The number of anilines is 2. The van der Waals surface area contributed by atoms with Crippen LogP contribution < -0.4 is 20.7 Å². The van der Waals surface area contributed by atoms with Gasteiger partial charge in [0.2, 0.25) is 0 Å². The van der Waals surface area contributed by atoms with E-state index in [1.807, 2.05) is 42.5 Å². The van der Waals surface area contributed by atoms with E-state index in [9.17, 15) is 9.59 Å². The first kappa shape index (κ1) is 32.1. The van der Waals surface area contributed by atoms with Crippen LogP contribution in [-0.4, -0.2) is 48.2 Å². The molecule has 1 aromatic heterocycles. The molecule has 232 valence electrons. The number of hydrogen-bond acceptors (Lipinski definition) is 7. The molecule has 10 nitrogen and oxygen atoms in total. The molecule has 3 N–H and O–H groups in total. The Labute approximate surface area is 258 Å². The van der Waals surface area contributed by atoms with E-state index in [0.717, 1.165) is 23.2 Å². The van der Waals surface area contributed by atoms with Crippen molar-refractivity contribution in [2.24, 2.45) is 5.92 Å². The maximum atomic E-state index is 12.9. The van der Waals surface area contributed by atoms with E-state index in [2.05, 4.69) is 53.5 Å². The van der Waals surface area contributed by atoms with Crippen LogP contribution in [0.25, 0.3) is 11.3 Å². The maximum Gasteiger partial charge on any atom is 0.408 e. The van der Waals surface area contributed by atoms with Gasteiger partial charge >= 0.3 is 12.1 Å². The van der Waals surface area contributed by atoms with Crippen molar-refractivity contribution in [3.05, 3.63) is 96.5 Å². The van der Waals surface area contributed by atoms with Gasteiger partial charge in [0.25, 0.3) is 0 Å². The summed E-state index contributed by atoms with van der Waals surface area (Å²) in [6, 6.07) is 22.2. The summed E-state index contributed by atoms with van der Waals surface area (Å²) >= 11 is 0. The lowest BCUT2D eigenvalue weighted by atomic mass is 10.1. The van der Waals surface area contributed by atoms with Crippen LogP contribution in [0, 0.1) is 5.92 Å². The molecular weight excluding hydrogens is 558 g/mol. The second kappa shape index (κ2) is 15.6. The molecule has 1 unspecified atom stereocenters. The van der Waals surface area contributed by atoms with E-state index in [-0.39, 0.29) is 6.54 Å². The monoisotopic (exact) mass is 599 g/mol. The van der Waals surface area contributed by atoms with Crippen molar-refractivity contribution >= 4 is 23.5 Å². The number of oxazole rings is 1. The number of nitrogens with one attached hydrogen (secondary N) is 3. The molecule has 0 fully saturated rings. The number of carbonyl (C=O) groups excluding carboxylic acids is 2. The molecule has 1 heterocycles. The van der Waals surface area contributed by atoms with Gasteiger partial charge in [0, 0.05) is 43.1 Å². The minimum atomic E-state index is -0.508. The van der Waals surface area contributed by atoms with Crippen molar-refractivity contribution in [3.63, 3.8) is 0 Å². The van der Waals surface area contributed by atoms with E-state index in [1.165, 1.54) is 6.39 Å². The number of aromatic nitrogens is 1. The van der Waals surface area contributed by atoms with Crippen molar-refractivity contribution in [3.8, 4) is 17.1 Å². The fraction of sp³-hybridized carbons (Fsp3) is 0.324. The largest absolute Gasteiger partial charge is 0.496 e. The van der Waals surface area contributed by atoms with Gasteiger partial charge < -0.3 is 29.8 Å². The number of methoxy groups -OCH3 is 1. The van der Waals surface area contributed by atoms with Crippen LogP contribution in [0.2, 0.25) is 0 Å². The molecule has 3 amide bonds. The predicted molar refractivity (Wildman–Crippen MR) is 172 cm³/mol. The van der Waals surface area contributed by atoms with Gasteiger partial charge in [-0.3, -0.25) is 4.90 Å². The Morgan fingerprint density at radius 3 is 2.32 bits per heavy atom. The molecule has 0 spiro atoms. The first-order valence-electron chi connectivity index (χ1n) is 14.7. The van der Waals surface area contributed by atoms with Crippen LogP contribution in [0.15, 0.2) is 89.8 Å². The highest BCUT2D eigenvalue weighted by atomic mass is 16.6. The maximum absolute atomic E-state index is 12.9. The standard InChI is InChI=1S/C34H41N5O5/c1-23(2)20-39(24(3)4)21-32(26-11-7-6-8-12-26)44-34(41)36-18-25-10-9-13-27(16-25)37-33(40)38-28-14-15-29(30(17-28)42-5)31-19-35-22-43-31/h6-17,19,22-24,32H,18,20-21H2,1-5H3,(H,36,41)(H2,37,38,40). The molecule has 4 rings (SSSR count). The third-order valence-electron chi connectivity index (χ3n) is 6.93. The SMILES string of the molecule is COc1cc(NC(=O)Nc2cccc(CNC(=O)OC(CN(CC(C)C)C(C)C)c3ccccc3)c2)ccc1-c1cnco1. The molecule has 44 heavy (non-hydrogen) atoms. The highest BCUT2D eigenvalue weighted by Gasteiger charge is 2.22. The molecule has 4 aromatic rings. The fourth-order valence-corrected chi connectivity index (χ4v) is 4.78. The number of ether oxygens (including phenoxy) is 2. The normalized spacial score (nSPS) is 11.8. The number of nitrogens with zero attached hydrogens (tertiary/aromatic N) is 2. The molecule has 0 bridgehead atoms. The number of alkyl carbamates (subject to hydrolysis) is 1. The second-order valence-corrected chi connectivity index (χ2v) is 11.2. The number of hydrogen-bond donors (Lipinski definition) is 3. The average molecular weight is 600 g/mol. The fourth-order valence-electron chi connectivity index (χ4n) is 4.78. The van der Waals surface area contributed by atoms with Crippen LogP contribution in [0.5, 0.6) is 5.75 Å². The van der Waals surface area contributed by atoms with Gasteiger partial charge in [0.1, 0.15) is 11.9 Å². The molecule has 0 aliphatic heterocycles. The molecule has 10 heteroatoms. The van der Waals surface area contributed by atoms with Gasteiger partial charge in [-0.05, 0) is 55.2 Å². The van der Waals surface area contributed by atoms with Crippen molar-refractivity contribution in [2.45, 2.75) is 46.4 Å². The first-order chi connectivity index (χ1) is 21.2. The van der Waals surface area contributed by atoms with Crippen molar-refractivity contribution in [2.75, 3.05) is 30.8 Å². The number of rotatable bonds is 13. The lowest BCUT2D eigenvalue weighted by molar-refractivity contribution is 0.0560. The van der Waals surface area contributed by atoms with Crippen LogP contribution >= 0.6 is 0 Å². The molecular formula is C34H41N5O5. The Bertz CT molecular complexity index is 1490. The summed E-state index contributed by atoms with van der Waals surface area (Å²) in [6.07, 6.45) is 2.01. The van der Waals surface area contributed by atoms with E-state index < -0.39 is 18.2 Å². The van der Waals surface area contributed by atoms with Gasteiger partial charge in [0.05, 0.1) is 18.9 Å². The summed E-state index contributed by atoms with van der Waals surface area (Å²) in [4.78, 5) is 32.0. The summed E-state index contributed by atoms with van der Waals surface area (Å²) in [6.45, 7) is 10.4. The Morgan fingerprint density at radius 2 is 1.66 bits per heavy atom. The third-order valence-corrected chi connectivity index (χ3v) is 6.93. The summed E-state index contributed by atoms with van der Waals surface area (Å²) < 4.78 is 16.8. The minimum Gasteiger partial charge on any atom is -0.496 e. The summed E-state index contributed by atoms with van der Waals surface area (Å²) in [7, 11) is 1.55. The second-order valence-electron chi connectivity index (χ2n) is 11.2. The van der Waals surface area contributed by atoms with Crippen LogP contribution in [-0.2, 0) is 11.3 Å². The quantitative estimate of drug-likeness (QED) is 0.147. The number of benzene rings is 3. The van der Waals surface area contributed by atoms with E-state index in [4.69, 9.17) is 13.9 Å². The Kier molecular flexibility index (Phi) is 11.4. The Balaban J connectivity index is 1.34. The summed E-state index contributed by atoms with van der Waals surface area (Å²) in [5.41, 5.74) is 3.58. The lowest BCUT2D eigenvalue weighted by Gasteiger charge is -2.32. The molecule has 1 atom stereocenters. The van der Waals surface area contributed by atoms with Crippen LogP contribution in [0.3, 0.4) is 0 Å². The zero-order chi connectivity index (χ0) is 31.5. The Morgan fingerprint density at radius 1 is 0.909 bits per heavy atom. The van der Waals surface area contributed by atoms with E-state index >= 15 is 0 Å². The number of urea groups is 1. The smallest absolute Gasteiger partial charge is 0.408 e. The van der Waals surface area contributed by atoms with Crippen LogP contribution in [0.1, 0.15) is 44.9 Å². The van der Waals surface area contributed by atoms with Gasteiger partial charge in [-0.2, -0.15) is 0 Å². The average Bonchev–Trinajstić information content (AvgIpc) is 3.54. The zero-order valence-corrected chi connectivity index (χ0v) is 25.9. The van der Waals surface area contributed by atoms with Gasteiger partial charge in [-0.15, -0.1) is 0 Å². The highest BCUT2D eigenvalue weighted by molar-refractivity contribution is 6.00. The minimum absolute atomic E-state index is 0.234. The topological polar surface area (TPSA) is 118 Å². The molecule has 0 radical (unpaired) electrons. The summed E-state index contributed by atoms with van der Waals surface area (Å²) in [5.74, 6) is 1.58. The number of amides is 3. The summed E-state index contributed by atoms with van der Waals surface area (Å²) in [5, 5.41) is 8.50. The third kappa shape index (κ3) is 9.34. The number of carbonyl (C=O) groups is 2. The van der Waals surface area contributed by atoms with Gasteiger partial charge in [-0.1, -0.05) is 56.3 Å². The van der Waals surface area contributed by atoms with Gasteiger partial charge in [-0.25, -0.2) is 14.6 Å². The lowest BCUT2D eigenvalue weighted by Crippen LogP contribution is -2.39. The van der Waals surface area contributed by atoms with Crippen LogP contribution in [0.4, 0.5) is 21.0 Å². The van der Waals surface area contributed by atoms with Crippen molar-refractivity contribution < 1.29 is 23.5 Å². The molecule has 0 aliphatic carbocycles. The van der Waals surface area contributed by atoms with Crippen molar-refractivity contribution in [1.82, 2.24) is 15.2 Å². The molecule has 3 aromatic carbocycles. The Hall–Kier alpha value is -4.83. The van der Waals surface area contributed by atoms with E-state index in [1.54, 1.807) is 43.6 Å². The molecule has 0 saturated heterocycles. The van der Waals surface area contributed by atoms with Crippen molar-refractivity contribution in [1.29, 1.82) is 0 Å².